The minimum atomic E-state index is -1.15. The van der Waals surface area contributed by atoms with E-state index in [1.165, 1.54) is 24.3 Å². The Morgan fingerprint density at radius 2 is 1.07 bits per heavy atom. The van der Waals surface area contributed by atoms with Gasteiger partial charge in [0.2, 0.25) is 0 Å². The summed E-state index contributed by atoms with van der Waals surface area (Å²) >= 11 is 0. The first kappa shape index (κ1) is 25.5. The predicted octanol–water partition coefficient (Wildman–Crippen LogP) is 1.52. The predicted molar refractivity (Wildman–Crippen MR) is 108 cm³/mol. The summed E-state index contributed by atoms with van der Waals surface area (Å²) in [7, 11) is 0. The molecule has 2 aromatic carbocycles. The van der Waals surface area contributed by atoms with Gasteiger partial charge in [0, 0.05) is 11.1 Å². The average Bonchev–Trinajstić information content (AvgIpc) is 2.58. The van der Waals surface area contributed by atoms with Crippen LogP contribution in [-0.2, 0) is 22.4 Å². The van der Waals surface area contributed by atoms with E-state index >= 15 is 0 Å². The van der Waals surface area contributed by atoms with E-state index in [-0.39, 0.29) is 60.3 Å². The average molecular weight is 445 g/mol. The molecule has 0 fully saturated rings. The summed E-state index contributed by atoms with van der Waals surface area (Å²) in [5.41, 5.74) is 12.8. The number of carbonyl (C=O) groups is 2. The molecule has 8 nitrogen and oxygen atoms in total. The Bertz CT molecular complexity index is 777. The van der Waals surface area contributed by atoms with E-state index in [1.807, 2.05) is 0 Å². The van der Waals surface area contributed by atoms with Crippen molar-refractivity contribution < 1.29 is 30.0 Å². The second-order valence-electron chi connectivity index (χ2n) is 6.00. The zero-order valence-corrected chi connectivity index (χ0v) is 16.2. The number of nitrogens with two attached hydrogens (primary N) is 2. The van der Waals surface area contributed by atoms with Gasteiger partial charge in [0.15, 0.2) is 0 Å². The first-order valence-electron chi connectivity index (χ1n) is 7.80. The number of carboxylic acids is 2. The van der Waals surface area contributed by atoms with Crippen molar-refractivity contribution in [2.75, 3.05) is 0 Å². The van der Waals surface area contributed by atoms with E-state index in [0.717, 1.165) is 0 Å². The number of aliphatic carboxylic acids is 2. The van der Waals surface area contributed by atoms with Crippen molar-refractivity contribution in [3.05, 3.63) is 47.5 Å². The Labute approximate surface area is 173 Å². The molecular formula is C18H22Cl2N2O6. The van der Waals surface area contributed by atoms with Crippen molar-refractivity contribution in [1.29, 1.82) is 0 Å². The SMILES string of the molecule is Cl.Cl.N[C@@H](C[13c]1[13cH][13cH][13c](O)[13c](-[13c]2[13cH][13c](C[C@H](N)C(=O)O)[13cH][13cH][13c]2O)[13cH]1)C(=O)O. The van der Waals surface area contributed by atoms with Gasteiger partial charge in [-0.05, 0) is 48.2 Å². The number of phenols is 2. The molecule has 2 rings (SSSR count). The summed E-state index contributed by atoms with van der Waals surface area (Å²) in [5.74, 6) is -2.53. The molecule has 0 spiro atoms. The fourth-order valence-electron chi connectivity index (χ4n) is 2.53. The maximum Gasteiger partial charge on any atom is 0.320 e. The molecule has 0 amide bonds. The van der Waals surface area contributed by atoms with Gasteiger partial charge in [-0.25, -0.2) is 0 Å². The van der Waals surface area contributed by atoms with Crippen LogP contribution in [0.15, 0.2) is 36.4 Å². The van der Waals surface area contributed by atoms with E-state index in [9.17, 15) is 19.8 Å². The van der Waals surface area contributed by atoms with Gasteiger partial charge >= 0.3 is 11.9 Å². The number of halogens is 2. The lowest BCUT2D eigenvalue weighted by atomic mass is 10.3. The first-order chi connectivity index (χ1) is 12.2. The minimum absolute atomic E-state index is 0. The third-order valence-corrected chi connectivity index (χ3v) is 3.96. The minimum Gasteiger partial charge on any atom is -0.507 e. The molecule has 0 heterocycles. The number of aromatic hydroxyl groups is 2. The summed E-state index contributed by atoms with van der Waals surface area (Å²) < 4.78 is 0. The molecule has 0 aliphatic carbocycles. The van der Waals surface area contributed by atoms with Crippen molar-refractivity contribution >= 4 is 36.8 Å². The molecule has 0 unspecified atom stereocenters. The van der Waals surface area contributed by atoms with Crippen LogP contribution in [-0.4, -0.2) is 44.4 Å². The Morgan fingerprint density at radius 1 is 0.750 bits per heavy atom. The molecule has 0 saturated carbocycles. The highest BCUT2D eigenvalue weighted by atomic mass is 35.5. The second kappa shape index (κ2) is 10.7. The maximum absolute atomic E-state index is 10.9. The van der Waals surface area contributed by atoms with E-state index < -0.39 is 24.0 Å². The highest BCUT2D eigenvalue weighted by molar-refractivity contribution is 5.85. The monoisotopic (exact) mass is 444 g/mol. The molecule has 28 heavy (non-hydrogen) atoms. The zero-order valence-electron chi connectivity index (χ0n) is 14.6. The molecule has 2 aromatic rings. The summed E-state index contributed by atoms with van der Waals surface area (Å²) in [6, 6.07) is 6.73. The van der Waals surface area contributed by atoms with Gasteiger partial charge < -0.3 is 31.9 Å². The lowest BCUT2D eigenvalue weighted by Crippen LogP contribution is -2.32. The van der Waals surface area contributed by atoms with E-state index in [4.69, 9.17) is 21.7 Å². The van der Waals surface area contributed by atoms with Gasteiger partial charge in [0.25, 0.3) is 0 Å². The molecule has 0 aromatic heterocycles. The van der Waals surface area contributed by atoms with Crippen molar-refractivity contribution in [3.63, 3.8) is 0 Å². The fraction of sp³-hybridized carbons (Fsp3) is 0.222. The van der Waals surface area contributed by atoms with Crippen molar-refractivity contribution in [3.8, 4) is 22.6 Å². The Morgan fingerprint density at radius 3 is 1.36 bits per heavy atom. The highest BCUT2D eigenvalue weighted by Crippen LogP contribution is 2.37. The van der Waals surface area contributed by atoms with Gasteiger partial charge in [-0.2, -0.15) is 0 Å². The lowest BCUT2D eigenvalue weighted by molar-refractivity contribution is -0.139. The largest absolute Gasteiger partial charge is 0.507 e. The van der Waals surface area contributed by atoms with Crippen molar-refractivity contribution in [1.82, 2.24) is 0 Å². The molecule has 0 bridgehead atoms. The van der Waals surface area contributed by atoms with Gasteiger partial charge in [-0.1, -0.05) is 12.1 Å². The summed E-state index contributed by atoms with van der Waals surface area (Å²) in [5, 5.41) is 38.1. The molecule has 10 heteroatoms. The van der Waals surface area contributed by atoms with E-state index in [0.29, 0.717) is 11.1 Å². The number of benzene rings is 2. The Kier molecular flexibility index (Phi) is 9.76. The van der Waals surface area contributed by atoms with Crippen LogP contribution in [0.25, 0.3) is 11.1 Å². The Hall–Kier alpha value is -2.52. The molecule has 0 radical (unpaired) electrons. The van der Waals surface area contributed by atoms with Crippen LogP contribution in [0.3, 0.4) is 0 Å². The third kappa shape index (κ3) is 6.28. The van der Waals surface area contributed by atoms with Crippen LogP contribution in [0, 0.1) is 0 Å². The summed E-state index contributed by atoms with van der Waals surface area (Å²) in [4.78, 5) is 21.8. The number of carboxylic acid groups (broad SMARTS) is 2. The molecule has 0 aliphatic heterocycles. The van der Waals surface area contributed by atoms with Crippen molar-refractivity contribution in [2.24, 2.45) is 11.5 Å². The first-order valence-corrected chi connectivity index (χ1v) is 7.80. The number of rotatable bonds is 7. The summed E-state index contributed by atoms with van der Waals surface area (Å²) in [6.45, 7) is 0. The van der Waals surface area contributed by atoms with Crippen LogP contribution < -0.4 is 11.5 Å². The van der Waals surface area contributed by atoms with Crippen LogP contribution in [0.4, 0.5) is 0 Å². The molecule has 154 valence electrons. The van der Waals surface area contributed by atoms with E-state index in [1.54, 1.807) is 12.1 Å². The molecule has 0 aliphatic rings. The Balaban J connectivity index is 0.00000364. The van der Waals surface area contributed by atoms with Gasteiger partial charge in [0.05, 0.1) is 0 Å². The van der Waals surface area contributed by atoms with Crippen molar-refractivity contribution in [2.45, 2.75) is 24.9 Å². The molecule has 2 atom stereocenters. The molecule has 8 N–H and O–H groups in total. The third-order valence-electron chi connectivity index (χ3n) is 3.96. The van der Waals surface area contributed by atoms with Gasteiger partial charge in [0.1, 0.15) is 23.6 Å². The van der Waals surface area contributed by atoms with Crippen LogP contribution in [0.5, 0.6) is 11.5 Å². The lowest BCUT2D eigenvalue weighted by Gasteiger charge is -2.13. The van der Waals surface area contributed by atoms with Crippen LogP contribution >= 0.6 is 24.8 Å². The number of phenolic OH excluding ortho intramolecular Hbond substituents is 2. The molecular weight excluding hydrogens is 423 g/mol. The fourth-order valence-corrected chi connectivity index (χ4v) is 2.53. The highest BCUT2D eigenvalue weighted by Gasteiger charge is 2.17. The van der Waals surface area contributed by atoms with Gasteiger partial charge in [-0.3, -0.25) is 9.59 Å². The standard InChI is InChI=1S/C18H20N2O6.2ClH/c19-13(17(23)24)7-9-1-3-15(21)11(5-9)12-6-10(2-4-16(12)22)8-14(20)18(25)26;;/h1-6,13-14,21-22H,7-8,19-20H2,(H,23,24)(H,25,26);2*1H/t13-,14-;;/m0../s1/i1+1,2+1,3+1,4+1,5+1,6+1,9+1,10+1,11+1,12+1,15+1,16+1;;. The second-order valence-corrected chi connectivity index (χ2v) is 6.00. The number of hydrogen-bond acceptors (Lipinski definition) is 6. The van der Waals surface area contributed by atoms with Gasteiger partial charge in [-0.15, -0.1) is 24.8 Å². The quantitative estimate of drug-likeness (QED) is 0.373. The van der Waals surface area contributed by atoms with Crippen LogP contribution in [0.1, 0.15) is 11.1 Å². The number of hydrogen-bond donors (Lipinski definition) is 6. The topological polar surface area (TPSA) is 167 Å². The summed E-state index contributed by atoms with van der Waals surface area (Å²) in [6.07, 6.45) is 0.0971. The smallest absolute Gasteiger partial charge is 0.320 e. The zero-order chi connectivity index (χ0) is 19.4. The van der Waals surface area contributed by atoms with Crippen LogP contribution in [0.2, 0.25) is 0 Å². The van der Waals surface area contributed by atoms with E-state index in [2.05, 4.69) is 0 Å². The normalized spacial score (nSPS) is 12.2. The molecule has 0 saturated heterocycles. The maximum atomic E-state index is 10.9.